The lowest BCUT2D eigenvalue weighted by atomic mass is 10.0. The Bertz CT molecular complexity index is 754. The summed E-state index contributed by atoms with van der Waals surface area (Å²) in [7, 11) is 0. The second-order valence-corrected chi connectivity index (χ2v) is 6.95. The molecule has 26 heavy (non-hydrogen) atoms. The van der Waals surface area contributed by atoms with Crippen molar-refractivity contribution in [2.45, 2.75) is 12.5 Å². The average molecular weight is 349 g/mol. The molecule has 0 aromatic heterocycles. The molecule has 0 bridgehead atoms. The molecule has 2 aliphatic heterocycles. The maximum absolute atomic E-state index is 12.8. The Morgan fingerprint density at radius 2 is 1.65 bits per heavy atom. The topological polar surface area (TPSA) is 40.4 Å². The highest BCUT2D eigenvalue weighted by atomic mass is 16.2. The van der Waals surface area contributed by atoms with Crippen LogP contribution >= 0.6 is 0 Å². The van der Waals surface area contributed by atoms with Crippen LogP contribution < -0.4 is 9.80 Å². The standard InChI is InChI=1S/C21H24N4O/c26-21(25-20(11-12-22-25)18-7-3-1-4-8-18)17-23-13-15-24(16-14-23)19-9-5-2-6-10-19/h1-10,12,20H,11,13-17H2/p+1/t20-/m0/s1. The number of benzene rings is 2. The summed E-state index contributed by atoms with van der Waals surface area (Å²) in [6.45, 7) is 4.45. The summed E-state index contributed by atoms with van der Waals surface area (Å²) in [4.78, 5) is 16.6. The molecule has 4 rings (SSSR count). The van der Waals surface area contributed by atoms with E-state index in [2.05, 4.69) is 46.4 Å². The van der Waals surface area contributed by atoms with E-state index in [0.29, 0.717) is 6.54 Å². The Labute approximate surface area is 154 Å². The van der Waals surface area contributed by atoms with Gasteiger partial charge in [0.1, 0.15) is 0 Å². The molecule has 2 heterocycles. The summed E-state index contributed by atoms with van der Waals surface area (Å²) in [5, 5.41) is 6.04. The predicted octanol–water partition coefficient (Wildman–Crippen LogP) is 1.35. The predicted molar refractivity (Wildman–Crippen MR) is 103 cm³/mol. The Balaban J connectivity index is 1.33. The van der Waals surface area contributed by atoms with E-state index >= 15 is 0 Å². The number of nitrogens with one attached hydrogen (secondary N) is 1. The quantitative estimate of drug-likeness (QED) is 0.905. The number of hydrogen-bond acceptors (Lipinski definition) is 3. The molecule has 1 fully saturated rings. The zero-order valence-corrected chi connectivity index (χ0v) is 14.9. The number of amides is 1. The fourth-order valence-electron chi connectivity index (χ4n) is 3.80. The Hall–Kier alpha value is -2.66. The third-order valence-corrected chi connectivity index (χ3v) is 5.26. The van der Waals surface area contributed by atoms with Gasteiger partial charge in [0.05, 0.1) is 32.2 Å². The van der Waals surface area contributed by atoms with E-state index in [-0.39, 0.29) is 11.9 Å². The number of carbonyl (C=O) groups excluding carboxylic acids is 1. The van der Waals surface area contributed by atoms with Crippen LogP contribution in [-0.4, -0.2) is 49.9 Å². The molecule has 0 radical (unpaired) electrons. The van der Waals surface area contributed by atoms with Crippen molar-refractivity contribution in [3.63, 3.8) is 0 Å². The minimum atomic E-state index is 0.0497. The van der Waals surface area contributed by atoms with Crippen molar-refractivity contribution in [2.24, 2.45) is 5.10 Å². The molecule has 2 aromatic rings. The molecule has 2 aromatic carbocycles. The van der Waals surface area contributed by atoms with Crippen molar-refractivity contribution in [3.05, 3.63) is 66.2 Å². The number of anilines is 1. The zero-order chi connectivity index (χ0) is 17.8. The third kappa shape index (κ3) is 3.63. The Morgan fingerprint density at radius 1 is 1.00 bits per heavy atom. The fraction of sp³-hybridized carbons (Fsp3) is 0.333. The minimum absolute atomic E-state index is 0.0497. The van der Waals surface area contributed by atoms with Crippen molar-refractivity contribution in [1.29, 1.82) is 0 Å². The third-order valence-electron chi connectivity index (χ3n) is 5.26. The van der Waals surface area contributed by atoms with Gasteiger partial charge in [0, 0.05) is 18.3 Å². The summed E-state index contributed by atoms with van der Waals surface area (Å²) in [5.74, 6) is 0.121. The molecule has 0 unspecified atom stereocenters. The van der Waals surface area contributed by atoms with Crippen LogP contribution in [0.25, 0.3) is 0 Å². The molecular weight excluding hydrogens is 324 g/mol. The van der Waals surface area contributed by atoms with Gasteiger partial charge in [-0.3, -0.25) is 4.79 Å². The van der Waals surface area contributed by atoms with Crippen molar-refractivity contribution >= 4 is 17.8 Å². The van der Waals surface area contributed by atoms with Gasteiger partial charge in [0.25, 0.3) is 5.91 Å². The summed E-state index contributed by atoms with van der Waals surface area (Å²) in [5.41, 5.74) is 2.42. The first-order valence-corrected chi connectivity index (χ1v) is 9.34. The van der Waals surface area contributed by atoms with E-state index in [1.165, 1.54) is 10.6 Å². The number of hydrazone groups is 1. The van der Waals surface area contributed by atoms with Gasteiger partial charge in [-0.15, -0.1) is 0 Å². The van der Waals surface area contributed by atoms with Gasteiger partial charge >= 0.3 is 0 Å². The first-order chi connectivity index (χ1) is 12.8. The van der Waals surface area contributed by atoms with Crippen LogP contribution in [0.3, 0.4) is 0 Å². The Morgan fingerprint density at radius 3 is 2.35 bits per heavy atom. The first kappa shape index (κ1) is 16.8. The lowest BCUT2D eigenvalue weighted by Gasteiger charge is -2.34. The second-order valence-electron chi connectivity index (χ2n) is 6.95. The average Bonchev–Trinajstić information content (AvgIpc) is 3.20. The lowest BCUT2D eigenvalue weighted by Crippen LogP contribution is -3.15. The van der Waals surface area contributed by atoms with Gasteiger partial charge in [-0.1, -0.05) is 48.5 Å². The van der Waals surface area contributed by atoms with E-state index in [9.17, 15) is 4.79 Å². The maximum Gasteiger partial charge on any atom is 0.298 e. The molecular formula is C21H25N4O+. The molecule has 1 amide bonds. The van der Waals surface area contributed by atoms with E-state index in [1.807, 2.05) is 30.5 Å². The zero-order valence-electron chi connectivity index (χ0n) is 14.9. The molecule has 134 valence electrons. The monoisotopic (exact) mass is 349 g/mol. The van der Waals surface area contributed by atoms with E-state index in [1.54, 1.807) is 5.01 Å². The number of nitrogens with zero attached hydrogens (tertiary/aromatic N) is 3. The Kier molecular flexibility index (Phi) is 4.97. The number of para-hydroxylation sites is 1. The smallest absolute Gasteiger partial charge is 0.298 e. The number of piperazine rings is 1. The SMILES string of the molecule is O=C(C[NH+]1CCN(c2ccccc2)CC1)N1N=CC[C@H]1c1ccccc1. The normalized spacial score (nSPS) is 20.5. The van der Waals surface area contributed by atoms with Crippen molar-refractivity contribution in [1.82, 2.24) is 5.01 Å². The summed E-state index contributed by atoms with van der Waals surface area (Å²) in [6, 6.07) is 20.7. The summed E-state index contributed by atoms with van der Waals surface area (Å²) in [6.07, 6.45) is 2.66. The summed E-state index contributed by atoms with van der Waals surface area (Å²) >= 11 is 0. The van der Waals surface area contributed by atoms with Crippen LogP contribution in [0.5, 0.6) is 0 Å². The number of rotatable bonds is 4. The molecule has 2 aliphatic rings. The summed E-state index contributed by atoms with van der Waals surface area (Å²) < 4.78 is 0. The minimum Gasteiger partial charge on any atom is -0.360 e. The number of quaternary nitrogens is 1. The van der Waals surface area contributed by atoms with Gasteiger partial charge in [-0.2, -0.15) is 5.10 Å². The largest absolute Gasteiger partial charge is 0.360 e. The number of hydrogen-bond donors (Lipinski definition) is 1. The van der Waals surface area contributed by atoms with Crippen molar-refractivity contribution in [3.8, 4) is 0 Å². The van der Waals surface area contributed by atoms with Crippen LogP contribution in [0, 0.1) is 0 Å². The van der Waals surface area contributed by atoms with Crippen LogP contribution in [0.2, 0.25) is 0 Å². The highest BCUT2D eigenvalue weighted by Crippen LogP contribution is 2.27. The highest BCUT2D eigenvalue weighted by molar-refractivity contribution is 5.80. The lowest BCUT2D eigenvalue weighted by molar-refractivity contribution is -0.892. The van der Waals surface area contributed by atoms with E-state index < -0.39 is 0 Å². The molecule has 0 spiro atoms. The van der Waals surface area contributed by atoms with Gasteiger partial charge in [-0.25, -0.2) is 5.01 Å². The molecule has 1 atom stereocenters. The molecule has 5 nitrogen and oxygen atoms in total. The van der Waals surface area contributed by atoms with Crippen LogP contribution in [-0.2, 0) is 4.79 Å². The van der Waals surface area contributed by atoms with Crippen LogP contribution in [0.4, 0.5) is 5.69 Å². The second kappa shape index (κ2) is 7.70. The number of carbonyl (C=O) groups is 1. The van der Waals surface area contributed by atoms with E-state index in [4.69, 9.17) is 0 Å². The van der Waals surface area contributed by atoms with E-state index in [0.717, 1.165) is 38.2 Å². The van der Waals surface area contributed by atoms with Gasteiger partial charge in [-0.05, 0) is 17.7 Å². The highest BCUT2D eigenvalue weighted by Gasteiger charge is 2.31. The van der Waals surface area contributed by atoms with Gasteiger partial charge in [0.15, 0.2) is 6.54 Å². The van der Waals surface area contributed by atoms with Gasteiger partial charge < -0.3 is 9.80 Å². The molecule has 0 saturated carbocycles. The first-order valence-electron chi connectivity index (χ1n) is 9.34. The fourth-order valence-corrected chi connectivity index (χ4v) is 3.80. The van der Waals surface area contributed by atoms with Crippen LogP contribution in [0.15, 0.2) is 65.8 Å². The van der Waals surface area contributed by atoms with Crippen molar-refractivity contribution < 1.29 is 9.69 Å². The van der Waals surface area contributed by atoms with Gasteiger partial charge in [0.2, 0.25) is 0 Å². The molecule has 0 aliphatic carbocycles. The molecule has 1 saturated heterocycles. The maximum atomic E-state index is 12.8. The molecule has 5 heteroatoms. The van der Waals surface area contributed by atoms with Crippen LogP contribution in [0.1, 0.15) is 18.0 Å². The molecule has 1 N–H and O–H groups in total. The van der Waals surface area contributed by atoms with Crippen molar-refractivity contribution in [2.75, 3.05) is 37.6 Å².